The van der Waals surface area contributed by atoms with E-state index in [1.807, 2.05) is 20.8 Å². The van der Waals surface area contributed by atoms with Gasteiger partial charge in [-0.1, -0.05) is 0 Å². The number of carbonyl (C=O) groups excluding carboxylic acids is 1. The van der Waals surface area contributed by atoms with Crippen molar-refractivity contribution in [1.29, 1.82) is 0 Å². The largest absolute Gasteiger partial charge is 0.455 e. The Kier molecular flexibility index (Phi) is 3.19. The Morgan fingerprint density at radius 3 is 2.88 bits per heavy atom. The fourth-order valence-electron chi connectivity index (χ4n) is 1.90. The molecular formula is C12H19N3O2. The minimum atomic E-state index is -0.481. The summed E-state index contributed by atoms with van der Waals surface area (Å²) >= 11 is 0. The molecule has 1 atom stereocenters. The van der Waals surface area contributed by atoms with Crippen LogP contribution in [0, 0.1) is 0 Å². The summed E-state index contributed by atoms with van der Waals surface area (Å²) in [5, 5.41) is 10.2. The summed E-state index contributed by atoms with van der Waals surface area (Å²) in [6.45, 7) is 7.50. The van der Waals surface area contributed by atoms with E-state index in [0.717, 1.165) is 25.2 Å². The minimum absolute atomic E-state index is 0.363. The smallest absolute Gasteiger partial charge is 0.359 e. The lowest BCUT2D eigenvalue weighted by Crippen LogP contribution is -2.24. The van der Waals surface area contributed by atoms with Gasteiger partial charge < -0.3 is 10.1 Å². The van der Waals surface area contributed by atoms with Gasteiger partial charge in [-0.2, -0.15) is 5.10 Å². The minimum Gasteiger partial charge on any atom is -0.455 e. The monoisotopic (exact) mass is 237 g/mol. The van der Waals surface area contributed by atoms with Crippen LogP contribution in [0.5, 0.6) is 0 Å². The summed E-state index contributed by atoms with van der Waals surface area (Å²) in [7, 11) is 0. The maximum absolute atomic E-state index is 11.8. The third-order valence-corrected chi connectivity index (χ3v) is 2.71. The standard InChI is InChI=1S/C12H19N3O2/c1-12(2,3)17-11(16)10-6-9(14-15-10)8-4-5-13-7-8/h6,8,13H,4-5,7H2,1-3H3,(H,14,15). The van der Waals surface area contributed by atoms with Crippen molar-refractivity contribution >= 4 is 5.97 Å². The second-order valence-electron chi connectivity index (χ2n) is 5.40. The number of aromatic amines is 1. The number of aromatic nitrogens is 2. The lowest BCUT2D eigenvalue weighted by molar-refractivity contribution is 0.00628. The first-order chi connectivity index (χ1) is 7.96. The maximum Gasteiger partial charge on any atom is 0.359 e. The van der Waals surface area contributed by atoms with E-state index < -0.39 is 5.60 Å². The van der Waals surface area contributed by atoms with Crippen molar-refractivity contribution in [1.82, 2.24) is 15.5 Å². The molecule has 0 spiro atoms. The lowest BCUT2D eigenvalue weighted by atomic mass is 10.1. The zero-order valence-electron chi connectivity index (χ0n) is 10.5. The zero-order chi connectivity index (χ0) is 12.5. The molecular weight excluding hydrogens is 218 g/mol. The van der Waals surface area contributed by atoms with Crippen molar-refractivity contribution in [3.8, 4) is 0 Å². The number of carbonyl (C=O) groups is 1. The Balaban J connectivity index is 2.04. The second kappa shape index (κ2) is 4.49. The summed E-state index contributed by atoms with van der Waals surface area (Å²) in [5.74, 6) is 0.0599. The Hall–Kier alpha value is -1.36. The fourth-order valence-corrected chi connectivity index (χ4v) is 1.90. The number of nitrogens with zero attached hydrogens (tertiary/aromatic N) is 1. The van der Waals surface area contributed by atoms with Crippen molar-refractivity contribution in [3.63, 3.8) is 0 Å². The zero-order valence-corrected chi connectivity index (χ0v) is 10.5. The van der Waals surface area contributed by atoms with Crippen LogP contribution in [0.2, 0.25) is 0 Å². The Morgan fingerprint density at radius 2 is 2.29 bits per heavy atom. The molecule has 1 fully saturated rings. The summed E-state index contributed by atoms with van der Waals surface area (Å²) in [6.07, 6.45) is 1.08. The normalized spacial score (nSPS) is 20.5. The highest BCUT2D eigenvalue weighted by molar-refractivity contribution is 5.87. The third kappa shape index (κ3) is 3.06. The molecule has 1 aromatic rings. The van der Waals surface area contributed by atoms with Crippen LogP contribution in [-0.2, 0) is 4.74 Å². The van der Waals surface area contributed by atoms with Crippen molar-refractivity contribution in [3.05, 3.63) is 17.5 Å². The van der Waals surface area contributed by atoms with Crippen LogP contribution in [0.15, 0.2) is 6.07 Å². The summed E-state index contributed by atoms with van der Waals surface area (Å²) in [4.78, 5) is 11.8. The fraction of sp³-hybridized carbons (Fsp3) is 0.667. The molecule has 0 aliphatic carbocycles. The molecule has 1 aliphatic heterocycles. The second-order valence-corrected chi connectivity index (χ2v) is 5.40. The molecule has 1 aliphatic rings. The SMILES string of the molecule is CC(C)(C)OC(=O)c1cc(C2CCNC2)[nH]n1. The van der Waals surface area contributed by atoms with E-state index in [2.05, 4.69) is 15.5 Å². The Morgan fingerprint density at radius 1 is 1.53 bits per heavy atom. The van der Waals surface area contributed by atoms with E-state index in [1.54, 1.807) is 6.07 Å². The molecule has 5 heteroatoms. The molecule has 2 heterocycles. The van der Waals surface area contributed by atoms with Gasteiger partial charge in [0.05, 0.1) is 0 Å². The summed E-state index contributed by atoms with van der Waals surface area (Å²) < 4.78 is 5.26. The van der Waals surface area contributed by atoms with E-state index in [9.17, 15) is 4.79 Å². The van der Waals surface area contributed by atoms with E-state index in [1.165, 1.54) is 0 Å². The van der Waals surface area contributed by atoms with Gasteiger partial charge in [0.15, 0.2) is 5.69 Å². The summed E-state index contributed by atoms with van der Waals surface area (Å²) in [5.41, 5.74) is 0.892. The molecule has 1 saturated heterocycles. The number of nitrogens with one attached hydrogen (secondary N) is 2. The number of hydrogen-bond acceptors (Lipinski definition) is 4. The Bertz CT molecular complexity index is 400. The van der Waals surface area contributed by atoms with Crippen LogP contribution in [0.25, 0.3) is 0 Å². The number of rotatable bonds is 2. The van der Waals surface area contributed by atoms with Crippen LogP contribution in [0.1, 0.15) is 49.3 Å². The van der Waals surface area contributed by atoms with E-state index in [4.69, 9.17) is 4.74 Å². The van der Waals surface area contributed by atoms with Gasteiger partial charge in [-0.3, -0.25) is 5.10 Å². The molecule has 0 aromatic carbocycles. The number of ether oxygens (including phenoxy) is 1. The molecule has 5 nitrogen and oxygen atoms in total. The van der Waals surface area contributed by atoms with Gasteiger partial charge in [0, 0.05) is 18.2 Å². The molecule has 1 aromatic heterocycles. The van der Waals surface area contributed by atoms with Crippen LogP contribution in [0.3, 0.4) is 0 Å². The first-order valence-electron chi connectivity index (χ1n) is 5.95. The van der Waals surface area contributed by atoms with Crippen LogP contribution < -0.4 is 5.32 Å². The molecule has 0 radical (unpaired) electrons. The average Bonchev–Trinajstić information content (AvgIpc) is 2.86. The number of esters is 1. The van der Waals surface area contributed by atoms with Gasteiger partial charge in [-0.15, -0.1) is 0 Å². The quantitative estimate of drug-likeness (QED) is 0.764. The molecule has 0 bridgehead atoms. The van der Waals surface area contributed by atoms with Gasteiger partial charge in [0.25, 0.3) is 0 Å². The van der Waals surface area contributed by atoms with Gasteiger partial charge in [0.1, 0.15) is 5.60 Å². The van der Waals surface area contributed by atoms with Crippen LogP contribution in [0.4, 0.5) is 0 Å². The van der Waals surface area contributed by atoms with Crippen molar-refractivity contribution in [2.75, 3.05) is 13.1 Å². The van der Waals surface area contributed by atoms with E-state index >= 15 is 0 Å². The molecule has 94 valence electrons. The number of H-pyrrole nitrogens is 1. The summed E-state index contributed by atoms with van der Waals surface area (Å²) in [6, 6.07) is 1.80. The topological polar surface area (TPSA) is 67.0 Å². The van der Waals surface area contributed by atoms with E-state index in [0.29, 0.717) is 11.6 Å². The van der Waals surface area contributed by atoms with Crippen molar-refractivity contribution in [2.45, 2.75) is 38.7 Å². The van der Waals surface area contributed by atoms with Crippen LogP contribution >= 0.6 is 0 Å². The van der Waals surface area contributed by atoms with Gasteiger partial charge in [0.2, 0.25) is 0 Å². The molecule has 17 heavy (non-hydrogen) atoms. The number of hydrogen-bond donors (Lipinski definition) is 2. The first kappa shape index (κ1) is 12.1. The van der Waals surface area contributed by atoms with Crippen molar-refractivity contribution in [2.24, 2.45) is 0 Å². The predicted molar refractivity (Wildman–Crippen MR) is 64.0 cm³/mol. The molecule has 2 N–H and O–H groups in total. The highest BCUT2D eigenvalue weighted by Gasteiger charge is 2.23. The Labute approximate surface area is 101 Å². The average molecular weight is 237 g/mol. The van der Waals surface area contributed by atoms with Gasteiger partial charge >= 0.3 is 5.97 Å². The van der Waals surface area contributed by atoms with Gasteiger partial charge in [-0.25, -0.2) is 4.79 Å². The van der Waals surface area contributed by atoms with Gasteiger partial charge in [-0.05, 0) is 39.8 Å². The van der Waals surface area contributed by atoms with Crippen LogP contribution in [-0.4, -0.2) is 34.9 Å². The highest BCUT2D eigenvalue weighted by atomic mass is 16.6. The van der Waals surface area contributed by atoms with E-state index in [-0.39, 0.29) is 5.97 Å². The molecule has 1 unspecified atom stereocenters. The molecule has 0 saturated carbocycles. The lowest BCUT2D eigenvalue weighted by Gasteiger charge is -2.18. The third-order valence-electron chi connectivity index (χ3n) is 2.71. The predicted octanol–water partition coefficient (Wildman–Crippen LogP) is 1.44. The maximum atomic E-state index is 11.8. The van der Waals surface area contributed by atoms with Crippen molar-refractivity contribution < 1.29 is 9.53 Å². The highest BCUT2D eigenvalue weighted by Crippen LogP contribution is 2.21. The molecule has 0 amide bonds. The molecule has 2 rings (SSSR count). The first-order valence-corrected chi connectivity index (χ1v) is 5.95.